The average Bonchev–Trinajstić information content (AvgIpc) is 2.97. The zero-order valence-electron chi connectivity index (χ0n) is 14.7. The molecule has 3 rings (SSSR count). The van der Waals surface area contributed by atoms with Crippen LogP contribution in [-0.4, -0.2) is 55.0 Å². The Balaban J connectivity index is 1.90. The third kappa shape index (κ3) is 4.14. The lowest BCUT2D eigenvalue weighted by atomic mass is 10.00. The summed E-state index contributed by atoms with van der Waals surface area (Å²) in [6, 6.07) is 3.93. The van der Waals surface area contributed by atoms with Gasteiger partial charge in [0.25, 0.3) is 0 Å². The Hall–Kier alpha value is -2.05. The molecule has 1 unspecified atom stereocenters. The number of ether oxygens (including phenoxy) is 3. The Morgan fingerprint density at radius 2 is 2.28 bits per heavy atom. The molecule has 0 fully saturated rings. The normalized spacial score (nSPS) is 24.1. The Morgan fingerprint density at radius 3 is 3.04 bits per heavy atom. The zero-order valence-corrected chi connectivity index (χ0v) is 14.7. The molecule has 2 heterocycles. The number of aliphatic hydroxyl groups is 1. The van der Waals surface area contributed by atoms with Gasteiger partial charge in [0.15, 0.2) is 11.5 Å². The van der Waals surface area contributed by atoms with Crippen molar-refractivity contribution in [2.75, 3.05) is 26.8 Å². The number of methoxy groups -OCH3 is 1. The van der Waals surface area contributed by atoms with Crippen LogP contribution < -0.4 is 9.47 Å². The van der Waals surface area contributed by atoms with Crippen LogP contribution in [-0.2, 0) is 22.5 Å². The van der Waals surface area contributed by atoms with E-state index in [2.05, 4.69) is 0 Å². The minimum Gasteiger partial charge on any atom is -0.493 e. The highest BCUT2D eigenvalue weighted by atomic mass is 16.5. The molecule has 2 aliphatic rings. The first kappa shape index (κ1) is 17.8. The van der Waals surface area contributed by atoms with Gasteiger partial charge in [0.1, 0.15) is 6.10 Å². The maximum atomic E-state index is 11.9. The van der Waals surface area contributed by atoms with E-state index in [0.717, 1.165) is 23.3 Å². The molecule has 136 valence electrons. The first-order valence-electron chi connectivity index (χ1n) is 8.68. The molecule has 6 heteroatoms. The van der Waals surface area contributed by atoms with Crippen LogP contribution in [0.15, 0.2) is 24.3 Å². The number of hydrogen-bond donors (Lipinski definition) is 1. The Kier molecular flexibility index (Phi) is 5.60. The van der Waals surface area contributed by atoms with Gasteiger partial charge in [0.2, 0.25) is 0 Å². The fourth-order valence-corrected chi connectivity index (χ4v) is 3.41. The van der Waals surface area contributed by atoms with Gasteiger partial charge >= 0.3 is 5.97 Å². The number of fused-ring (bicyclic) bond motifs is 1. The van der Waals surface area contributed by atoms with Crippen molar-refractivity contribution in [3.63, 3.8) is 0 Å². The maximum absolute atomic E-state index is 11.9. The number of hydrogen-bond acceptors (Lipinski definition) is 6. The van der Waals surface area contributed by atoms with E-state index in [9.17, 15) is 9.90 Å². The minimum atomic E-state index is -0.573. The molecule has 6 nitrogen and oxygen atoms in total. The van der Waals surface area contributed by atoms with Gasteiger partial charge < -0.3 is 19.3 Å². The molecule has 0 aromatic heterocycles. The lowest BCUT2D eigenvalue weighted by Crippen LogP contribution is -2.31. The molecule has 0 saturated carbocycles. The second-order valence-electron chi connectivity index (χ2n) is 6.38. The molecule has 0 spiro atoms. The van der Waals surface area contributed by atoms with E-state index in [1.54, 1.807) is 20.1 Å². The van der Waals surface area contributed by atoms with Crippen LogP contribution in [0.5, 0.6) is 11.5 Å². The minimum absolute atomic E-state index is 0.0682. The van der Waals surface area contributed by atoms with Gasteiger partial charge in [-0.1, -0.05) is 18.2 Å². The fraction of sp³-hybridized carbons (Fsp3) is 0.526. The standard InChI is InChI=1S/C19H25NO5/c1-3-24-18(22)12-20-8-4-5-14(21)9-15-10-16-13(11-20)6-7-17(23-2)19(16)25-15/h4-7,14-15,21H,3,8-12H2,1-2H3/b5-4+/t14-,15?/m0/s1. The van der Waals surface area contributed by atoms with Crippen molar-refractivity contribution in [1.82, 2.24) is 4.90 Å². The fourth-order valence-electron chi connectivity index (χ4n) is 3.41. The number of esters is 1. The second kappa shape index (κ2) is 7.89. The van der Waals surface area contributed by atoms with Crippen LogP contribution in [0.3, 0.4) is 0 Å². The van der Waals surface area contributed by atoms with E-state index < -0.39 is 6.10 Å². The van der Waals surface area contributed by atoms with Gasteiger partial charge in [-0.2, -0.15) is 0 Å². The van der Waals surface area contributed by atoms with E-state index in [1.807, 2.05) is 23.1 Å². The molecule has 2 atom stereocenters. The largest absolute Gasteiger partial charge is 0.493 e. The van der Waals surface area contributed by atoms with Crippen LogP contribution in [0.25, 0.3) is 0 Å². The van der Waals surface area contributed by atoms with E-state index in [4.69, 9.17) is 14.2 Å². The van der Waals surface area contributed by atoms with E-state index >= 15 is 0 Å². The van der Waals surface area contributed by atoms with Crippen LogP contribution in [0.2, 0.25) is 0 Å². The van der Waals surface area contributed by atoms with Crippen LogP contribution in [0, 0.1) is 0 Å². The molecule has 0 radical (unpaired) electrons. The van der Waals surface area contributed by atoms with Crippen molar-refractivity contribution in [2.24, 2.45) is 0 Å². The summed E-state index contributed by atoms with van der Waals surface area (Å²) in [7, 11) is 1.62. The first-order chi connectivity index (χ1) is 12.1. The lowest BCUT2D eigenvalue weighted by molar-refractivity contribution is -0.144. The van der Waals surface area contributed by atoms with Gasteiger partial charge in [-0.05, 0) is 18.6 Å². The Bertz CT molecular complexity index is 657. The summed E-state index contributed by atoms with van der Waals surface area (Å²) < 4.78 is 16.5. The van der Waals surface area contributed by atoms with E-state index in [-0.39, 0.29) is 18.6 Å². The summed E-state index contributed by atoms with van der Waals surface area (Å²) in [5, 5.41) is 10.2. The van der Waals surface area contributed by atoms with Crippen molar-refractivity contribution in [1.29, 1.82) is 0 Å². The van der Waals surface area contributed by atoms with Crippen molar-refractivity contribution in [2.45, 2.75) is 38.5 Å². The summed E-state index contributed by atoms with van der Waals surface area (Å²) in [6.45, 7) is 3.56. The monoisotopic (exact) mass is 347 g/mol. The molecule has 1 aromatic rings. The third-order valence-electron chi connectivity index (χ3n) is 4.54. The van der Waals surface area contributed by atoms with Gasteiger partial charge in [0.05, 0.1) is 26.4 Å². The van der Waals surface area contributed by atoms with Crippen molar-refractivity contribution in [3.8, 4) is 11.5 Å². The number of carbonyl (C=O) groups excluding carboxylic acids is 1. The summed E-state index contributed by atoms with van der Waals surface area (Å²) in [6.07, 6.45) is 4.30. The third-order valence-corrected chi connectivity index (χ3v) is 4.54. The second-order valence-corrected chi connectivity index (χ2v) is 6.38. The highest BCUT2D eigenvalue weighted by Gasteiger charge is 2.30. The maximum Gasteiger partial charge on any atom is 0.320 e. The molecular formula is C19H25NO5. The van der Waals surface area contributed by atoms with E-state index in [1.165, 1.54) is 0 Å². The number of benzene rings is 1. The average molecular weight is 347 g/mol. The molecule has 0 saturated heterocycles. The molecule has 0 aliphatic carbocycles. The smallest absolute Gasteiger partial charge is 0.320 e. The van der Waals surface area contributed by atoms with Crippen molar-refractivity contribution >= 4 is 5.97 Å². The summed E-state index contributed by atoms with van der Waals surface area (Å²) >= 11 is 0. The van der Waals surface area contributed by atoms with Crippen LogP contribution in [0.1, 0.15) is 24.5 Å². The molecule has 1 N–H and O–H groups in total. The molecule has 25 heavy (non-hydrogen) atoms. The summed E-state index contributed by atoms with van der Waals surface area (Å²) in [5.74, 6) is 1.23. The topological polar surface area (TPSA) is 68.2 Å². The quantitative estimate of drug-likeness (QED) is 0.660. The molecule has 1 aromatic carbocycles. The SMILES string of the molecule is CCOC(=O)CN1C/C=C/[C@H](O)CC2Cc3c(ccc(OC)c3O2)C1. The van der Waals surface area contributed by atoms with E-state index in [0.29, 0.717) is 31.9 Å². The summed E-state index contributed by atoms with van der Waals surface area (Å²) in [5.41, 5.74) is 2.22. The van der Waals surface area contributed by atoms with Crippen molar-refractivity contribution in [3.05, 3.63) is 35.4 Å². The number of nitrogens with zero attached hydrogens (tertiary/aromatic N) is 1. The predicted octanol–water partition coefficient (Wildman–Crippen LogP) is 1.68. The van der Waals surface area contributed by atoms with Gasteiger partial charge in [-0.25, -0.2) is 0 Å². The first-order valence-corrected chi connectivity index (χ1v) is 8.68. The van der Waals surface area contributed by atoms with Crippen LogP contribution >= 0.6 is 0 Å². The molecular weight excluding hydrogens is 322 g/mol. The van der Waals surface area contributed by atoms with Gasteiger partial charge in [-0.3, -0.25) is 9.69 Å². The lowest BCUT2D eigenvalue weighted by Gasteiger charge is -2.21. The molecule has 2 bridgehead atoms. The highest BCUT2D eigenvalue weighted by Crippen LogP contribution is 2.41. The molecule has 0 amide bonds. The highest BCUT2D eigenvalue weighted by molar-refractivity contribution is 5.71. The van der Waals surface area contributed by atoms with Crippen LogP contribution in [0.4, 0.5) is 0 Å². The molecule has 2 aliphatic heterocycles. The zero-order chi connectivity index (χ0) is 17.8. The number of aliphatic hydroxyl groups excluding tert-OH is 1. The Labute approximate surface area is 148 Å². The van der Waals surface area contributed by atoms with Gasteiger partial charge in [0, 0.05) is 31.5 Å². The number of carbonyl (C=O) groups is 1. The van der Waals surface area contributed by atoms with Gasteiger partial charge in [-0.15, -0.1) is 0 Å². The predicted molar refractivity (Wildman–Crippen MR) is 92.8 cm³/mol. The number of rotatable bonds is 4. The Morgan fingerprint density at radius 1 is 1.44 bits per heavy atom. The van der Waals surface area contributed by atoms with Crippen molar-refractivity contribution < 1.29 is 24.1 Å². The summed E-state index contributed by atoms with van der Waals surface area (Å²) in [4.78, 5) is 13.9.